The second-order valence-corrected chi connectivity index (χ2v) is 16.2. The van der Waals surface area contributed by atoms with Gasteiger partial charge in [-0.15, -0.1) is 0 Å². The van der Waals surface area contributed by atoms with Gasteiger partial charge in [-0.2, -0.15) is 0 Å². The Balaban J connectivity index is 0.000000502. The summed E-state index contributed by atoms with van der Waals surface area (Å²) in [5.41, 5.74) is 0.422. The number of hydrogen-bond donors (Lipinski definition) is 2. The number of likely N-dealkylation sites (tertiary alicyclic amines) is 2. The van der Waals surface area contributed by atoms with Crippen LogP contribution in [0.1, 0.15) is 109 Å². The molecule has 50 heavy (non-hydrogen) atoms. The molecule has 0 aromatic heterocycles. The fourth-order valence-electron chi connectivity index (χ4n) is 6.86. The minimum Gasteiger partial charge on any atom is -0.445 e. The Bertz CT molecular complexity index is 1400. The summed E-state index contributed by atoms with van der Waals surface area (Å²) >= 11 is 0. The van der Waals surface area contributed by atoms with E-state index in [0.29, 0.717) is 25.0 Å². The maximum Gasteiger partial charge on any atom is 0.410 e. The van der Waals surface area contributed by atoms with Gasteiger partial charge in [0.2, 0.25) is 0 Å². The molecule has 4 unspecified atom stereocenters. The Hall–Kier alpha value is -3.79. The zero-order valence-corrected chi connectivity index (χ0v) is 32.3. The average molecular weight is 699 g/mol. The molecule has 2 aromatic rings. The van der Waals surface area contributed by atoms with Crippen LogP contribution in [0, 0.1) is 11.8 Å². The van der Waals surface area contributed by atoms with E-state index in [1.54, 1.807) is 4.90 Å². The number of amides is 3. The first-order valence-corrected chi connectivity index (χ1v) is 18.0. The molecule has 10 nitrogen and oxygen atoms in total. The summed E-state index contributed by atoms with van der Waals surface area (Å²) < 4.78 is 16.3. The van der Waals surface area contributed by atoms with E-state index in [0.717, 1.165) is 31.5 Å². The van der Waals surface area contributed by atoms with E-state index in [1.165, 1.54) is 5.56 Å². The van der Waals surface area contributed by atoms with Gasteiger partial charge in [0.25, 0.3) is 0 Å². The van der Waals surface area contributed by atoms with Crippen LogP contribution in [0.3, 0.4) is 0 Å². The largest absolute Gasteiger partial charge is 0.445 e. The van der Waals surface area contributed by atoms with Gasteiger partial charge in [0.05, 0.1) is 11.1 Å². The Morgan fingerprint density at radius 2 is 1.24 bits per heavy atom. The smallest absolute Gasteiger partial charge is 0.410 e. The standard InChI is InChI=1S/C20H30N2O4.C20H32N2O2.2H2/c1-6-16-12-22(18(24)25-13-15-10-8-7-9-11-15)14-20(16,5)21-17(23)26-19(2,3)4;1-7-17-13-22(15(2)16-11-9-8-10-12-16)14-20(17,6)21-18(23)24-19(3,4)5;;/h7-11,16H,6,12-14H2,1-5H3,(H,21,23);8-12,15,17H,7,13-14H2,1-6H3,(H,21,23);2*1H/t;15-,17?,20?;;/m.1../s1. The molecule has 2 aromatic carbocycles. The third-order valence-electron chi connectivity index (χ3n) is 9.60. The molecule has 2 aliphatic rings. The van der Waals surface area contributed by atoms with Crippen molar-refractivity contribution in [3.8, 4) is 0 Å². The molecule has 5 atom stereocenters. The van der Waals surface area contributed by atoms with E-state index in [1.807, 2.05) is 84.9 Å². The molecule has 0 bridgehead atoms. The predicted molar refractivity (Wildman–Crippen MR) is 202 cm³/mol. The minimum atomic E-state index is -0.560. The molecular weight excluding hydrogens is 632 g/mol. The SMILES string of the molecule is CCC1CN(C(=O)OCc2ccccc2)CC1(C)NC(=O)OC(C)(C)C.CCC1CN([C@H](C)c2ccccc2)CC1(C)NC(=O)OC(C)(C)C.[HH].[HH]. The second kappa shape index (κ2) is 16.9. The van der Waals surface area contributed by atoms with Crippen molar-refractivity contribution >= 4 is 18.3 Å². The van der Waals surface area contributed by atoms with Crippen LogP contribution in [0.5, 0.6) is 0 Å². The molecule has 0 saturated carbocycles. The van der Waals surface area contributed by atoms with Crippen molar-refractivity contribution in [2.45, 2.75) is 124 Å². The van der Waals surface area contributed by atoms with Crippen molar-refractivity contribution in [3.63, 3.8) is 0 Å². The fraction of sp³-hybridized carbons (Fsp3) is 0.625. The molecule has 0 aliphatic carbocycles. The topological polar surface area (TPSA) is 109 Å². The number of nitrogens with one attached hydrogen (secondary N) is 2. The third-order valence-corrected chi connectivity index (χ3v) is 9.60. The van der Waals surface area contributed by atoms with E-state index < -0.39 is 22.8 Å². The van der Waals surface area contributed by atoms with Crippen LogP contribution in [-0.2, 0) is 20.8 Å². The van der Waals surface area contributed by atoms with Gasteiger partial charge in [-0.25, -0.2) is 14.4 Å². The van der Waals surface area contributed by atoms with Crippen molar-refractivity contribution in [1.82, 2.24) is 20.4 Å². The average Bonchev–Trinajstić information content (AvgIpc) is 3.54. The molecule has 2 aliphatic heterocycles. The summed E-state index contributed by atoms with van der Waals surface area (Å²) in [5.74, 6) is 0.551. The lowest BCUT2D eigenvalue weighted by Crippen LogP contribution is -2.53. The van der Waals surface area contributed by atoms with Crippen molar-refractivity contribution in [3.05, 3.63) is 71.8 Å². The molecule has 2 fully saturated rings. The number of alkyl carbamates (subject to hydrolysis) is 2. The molecule has 0 radical (unpaired) electrons. The van der Waals surface area contributed by atoms with E-state index in [2.05, 4.69) is 67.5 Å². The molecule has 2 heterocycles. The summed E-state index contributed by atoms with van der Waals surface area (Å²) in [4.78, 5) is 41.0. The van der Waals surface area contributed by atoms with Gasteiger partial charge in [-0.05, 0) is 92.2 Å². The van der Waals surface area contributed by atoms with Crippen molar-refractivity contribution in [2.24, 2.45) is 11.8 Å². The van der Waals surface area contributed by atoms with Crippen molar-refractivity contribution in [2.75, 3.05) is 26.2 Å². The summed E-state index contributed by atoms with van der Waals surface area (Å²) in [6, 6.07) is 20.5. The summed E-state index contributed by atoms with van der Waals surface area (Å²) in [6.45, 7) is 24.8. The van der Waals surface area contributed by atoms with Crippen molar-refractivity contribution in [1.29, 1.82) is 0 Å². The van der Waals surface area contributed by atoms with Crippen molar-refractivity contribution < 1.29 is 31.4 Å². The molecule has 10 heteroatoms. The number of nitrogens with zero attached hydrogens (tertiary/aromatic N) is 2. The maximum atomic E-state index is 12.4. The predicted octanol–water partition coefficient (Wildman–Crippen LogP) is 8.81. The quantitative estimate of drug-likeness (QED) is 0.265. The maximum absolute atomic E-state index is 12.4. The number of rotatable bonds is 8. The minimum absolute atomic E-state index is 0. The van der Waals surface area contributed by atoms with Crippen LogP contribution in [0.2, 0.25) is 0 Å². The van der Waals surface area contributed by atoms with Crippen LogP contribution >= 0.6 is 0 Å². The summed E-state index contributed by atoms with van der Waals surface area (Å²) in [5, 5.41) is 6.11. The van der Waals surface area contributed by atoms with Gasteiger partial charge in [0, 0.05) is 41.0 Å². The first-order valence-electron chi connectivity index (χ1n) is 18.0. The lowest BCUT2D eigenvalue weighted by Gasteiger charge is -2.33. The molecule has 3 amide bonds. The highest BCUT2D eigenvalue weighted by Crippen LogP contribution is 2.36. The van der Waals surface area contributed by atoms with Gasteiger partial charge in [-0.1, -0.05) is 74.5 Å². The van der Waals surface area contributed by atoms with Crippen LogP contribution < -0.4 is 10.6 Å². The molecule has 2 saturated heterocycles. The molecule has 282 valence electrons. The summed E-state index contributed by atoms with van der Waals surface area (Å²) in [7, 11) is 0. The molecule has 2 N–H and O–H groups in total. The van der Waals surface area contributed by atoms with Crippen LogP contribution in [0.25, 0.3) is 0 Å². The van der Waals surface area contributed by atoms with Gasteiger partial charge < -0.3 is 29.7 Å². The van der Waals surface area contributed by atoms with Gasteiger partial charge >= 0.3 is 18.3 Å². The third kappa shape index (κ3) is 11.9. The van der Waals surface area contributed by atoms with Crippen LogP contribution in [0.15, 0.2) is 60.7 Å². The van der Waals surface area contributed by atoms with Gasteiger partial charge in [-0.3, -0.25) is 4.90 Å². The number of carbonyl (C=O) groups excluding carboxylic acids is 3. The number of ether oxygens (including phenoxy) is 3. The Kier molecular flexibility index (Phi) is 13.8. The van der Waals surface area contributed by atoms with Crippen LogP contribution in [0.4, 0.5) is 14.4 Å². The highest BCUT2D eigenvalue weighted by molar-refractivity contribution is 5.71. The van der Waals surface area contributed by atoms with Gasteiger partial charge in [0.15, 0.2) is 0 Å². The summed E-state index contributed by atoms with van der Waals surface area (Å²) in [6.07, 6.45) is 0.733. The molecular formula is C40H66N4O6. The molecule has 4 rings (SSSR count). The zero-order valence-electron chi connectivity index (χ0n) is 32.3. The Morgan fingerprint density at radius 1 is 0.780 bits per heavy atom. The van der Waals surface area contributed by atoms with E-state index in [9.17, 15) is 14.4 Å². The van der Waals surface area contributed by atoms with E-state index in [-0.39, 0.29) is 33.1 Å². The lowest BCUT2D eigenvalue weighted by molar-refractivity contribution is 0.0430. The highest BCUT2D eigenvalue weighted by atomic mass is 16.6. The number of benzene rings is 2. The van der Waals surface area contributed by atoms with E-state index in [4.69, 9.17) is 14.2 Å². The normalized spacial score (nSPS) is 24.4. The van der Waals surface area contributed by atoms with E-state index >= 15 is 0 Å². The first-order chi connectivity index (χ1) is 23.3. The lowest BCUT2D eigenvalue weighted by atomic mass is 9.87. The zero-order chi connectivity index (χ0) is 37.3. The Labute approximate surface area is 303 Å². The fourth-order valence-corrected chi connectivity index (χ4v) is 6.86. The molecule has 0 spiro atoms. The Morgan fingerprint density at radius 3 is 1.72 bits per heavy atom. The second-order valence-electron chi connectivity index (χ2n) is 16.2. The van der Waals surface area contributed by atoms with Gasteiger partial charge in [0.1, 0.15) is 17.8 Å². The first kappa shape index (κ1) is 40.6. The number of hydrogen-bond acceptors (Lipinski definition) is 7. The number of carbonyl (C=O) groups is 3. The monoisotopic (exact) mass is 698 g/mol. The van der Waals surface area contributed by atoms with Crippen LogP contribution in [-0.4, -0.2) is 76.5 Å². The highest BCUT2D eigenvalue weighted by Gasteiger charge is 2.47.